The molecule has 4 fully saturated rings. The monoisotopic (exact) mass is 554 g/mol. The van der Waals surface area contributed by atoms with E-state index in [1.807, 2.05) is 41.1 Å². The smallest absolute Gasteiger partial charge is 0.133 e. The van der Waals surface area contributed by atoms with Crippen molar-refractivity contribution >= 4 is 40.6 Å². The Morgan fingerprint density at radius 3 is 2.16 bits per heavy atom. The number of aryl methyl sites for hydroxylation is 1. The Bertz CT molecular complexity index is 1290. The molecule has 0 radical (unpaired) electrons. The number of hydrogen-bond acceptors (Lipinski definition) is 2. The lowest BCUT2D eigenvalue weighted by atomic mass is 9.48. The number of halogens is 3. The molecule has 0 atom stereocenters. The van der Waals surface area contributed by atoms with Crippen LogP contribution in [-0.2, 0) is 11.2 Å². The van der Waals surface area contributed by atoms with Gasteiger partial charge in [-0.1, -0.05) is 46.9 Å². The van der Waals surface area contributed by atoms with Gasteiger partial charge in [0.25, 0.3) is 0 Å². The van der Waals surface area contributed by atoms with Crippen molar-refractivity contribution in [2.45, 2.75) is 71.1 Å². The summed E-state index contributed by atoms with van der Waals surface area (Å²) in [4.78, 5) is 13.1. The third-order valence-corrected chi connectivity index (χ3v) is 10.0. The predicted octanol–water partition coefficient (Wildman–Crippen LogP) is 9.31. The van der Waals surface area contributed by atoms with Gasteiger partial charge in [0.05, 0.1) is 22.1 Å². The van der Waals surface area contributed by atoms with Crippen molar-refractivity contribution in [2.24, 2.45) is 23.2 Å². The van der Waals surface area contributed by atoms with E-state index < -0.39 is 0 Å². The summed E-state index contributed by atoms with van der Waals surface area (Å²) < 4.78 is 1.88. The highest BCUT2D eigenvalue weighted by molar-refractivity contribution is 6.35. The number of ketones is 1. The van der Waals surface area contributed by atoms with Crippen LogP contribution < -0.4 is 0 Å². The van der Waals surface area contributed by atoms with Crippen molar-refractivity contribution in [1.29, 1.82) is 0 Å². The topological polar surface area (TPSA) is 34.9 Å². The number of aromatic nitrogens is 2. The molecule has 7 rings (SSSR count). The van der Waals surface area contributed by atoms with Gasteiger partial charge in [-0.15, -0.1) is 0 Å². The summed E-state index contributed by atoms with van der Waals surface area (Å²) >= 11 is 18.9. The standard InChI is InChI=1S/C31H33Cl3N2O/c1-19-28(8-7-26(37)10-11-31-16-20-12-21(17-31)14-22(13-20)18-31)35-36(29-9-6-25(33)15-27(29)34)30(19)23-2-4-24(32)5-3-23/h2-6,9,15,20-22H,7-8,10-14,16-18H2,1H3. The van der Waals surface area contributed by atoms with Crippen molar-refractivity contribution in [3.63, 3.8) is 0 Å². The summed E-state index contributed by atoms with van der Waals surface area (Å²) in [5.41, 5.74) is 5.16. The summed E-state index contributed by atoms with van der Waals surface area (Å²) in [5, 5.41) is 6.75. The minimum absolute atomic E-state index is 0.363. The molecule has 4 aliphatic carbocycles. The Morgan fingerprint density at radius 1 is 0.919 bits per heavy atom. The normalized spacial score (nSPS) is 26.1. The molecule has 0 saturated heterocycles. The van der Waals surface area contributed by atoms with Crippen LogP contribution in [0, 0.1) is 30.1 Å². The van der Waals surface area contributed by atoms with Crippen molar-refractivity contribution in [3.8, 4) is 16.9 Å². The number of carbonyl (C=O) groups is 1. The lowest BCUT2D eigenvalue weighted by Crippen LogP contribution is -2.46. The molecule has 4 bridgehead atoms. The average molecular weight is 556 g/mol. The Hall–Kier alpha value is -1.81. The molecule has 0 spiro atoms. The molecule has 0 amide bonds. The van der Waals surface area contributed by atoms with Crippen LogP contribution in [0.2, 0.25) is 15.1 Å². The first-order chi connectivity index (χ1) is 17.8. The van der Waals surface area contributed by atoms with E-state index in [1.54, 1.807) is 6.07 Å². The summed E-state index contributed by atoms with van der Waals surface area (Å²) in [5.74, 6) is 3.15. The number of nitrogens with zero attached hydrogens (tertiary/aromatic N) is 2. The molecule has 2 aromatic carbocycles. The highest BCUT2D eigenvalue weighted by Gasteiger charge is 2.50. The first-order valence-corrected chi connectivity index (χ1v) is 14.7. The molecule has 0 aliphatic heterocycles. The van der Waals surface area contributed by atoms with E-state index in [0.717, 1.165) is 52.4 Å². The molecule has 3 nitrogen and oxygen atoms in total. The number of rotatable bonds is 8. The van der Waals surface area contributed by atoms with Crippen LogP contribution in [0.15, 0.2) is 42.5 Å². The highest BCUT2D eigenvalue weighted by atomic mass is 35.5. The van der Waals surface area contributed by atoms with Gasteiger partial charge in [0, 0.05) is 28.5 Å². The van der Waals surface area contributed by atoms with Crippen molar-refractivity contribution in [1.82, 2.24) is 9.78 Å². The van der Waals surface area contributed by atoms with Gasteiger partial charge in [0.2, 0.25) is 0 Å². The third kappa shape index (κ3) is 5.12. The van der Waals surface area contributed by atoms with E-state index in [9.17, 15) is 4.79 Å². The fraction of sp³-hybridized carbons (Fsp3) is 0.484. The largest absolute Gasteiger partial charge is 0.300 e. The fourth-order valence-electron chi connectivity index (χ4n) is 7.94. The van der Waals surface area contributed by atoms with Gasteiger partial charge in [0.1, 0.15) is 5.78 Å². The van der Waals surface area contributed by atoms with Crippen LogP contribution in [0.5, 0.6) is 0 Å². The van der Waals surface area contributed by atoms with E-state index in [0.29, 0.717) is 45.5 Å². The maximum absolute atomic E-state index is 13.1. The molecule has 6 heteroatoms. The Kier molecular flexibility index (Phi) is 6.92. The molecule has 1 heterocycles. The lowest BCUT2D eigenvalue weighted by molar-refractivity contribution is -0.121. The second kappa shape index (κ2) is 10.1. The number of carbonyl (C=O) groups excluding carboxylic acids is 1. The predicted molar refractivity (Wildman–Crippen MR) is 152 cm³/mol. The summed E-state index contributed by atoms with van der Waals surface area (Å²) in [6.45, 7) is 2.08. The summed E-state index contributed by atoms with van der Waals surface area (Å²) in [6, 6.07) is 13.2. The lowest BCUT2D eigenvalue weighted by Gasteiger charge is -2.57. The average Bonchev–Trinajstić information content (AvgIpc) is 3.17. The SMILES string of the molecule is Cc1c(CCC(=O)CCC23CC4CC(CC(C4)C2)C3)nn(-c2ccc(Cl)cc2Cl)c1-c1ccc(Cl)cc1. The minimum atomic E-state index is 0.363. The number of benzene rings is 2. The molecule has 0 unspecified atom stereocenters. The van der Waals surface area contributed by atoms with Gasteiger partial charge in [-0.25, -0.2) is 4.68 Å². The van der Waals surface area contributed by atoms with Gasteiger partial charge >= 0.3 is 0 Å². The van der Waals surface area contributed by atoms with Crippen LogP contribution in [0.4, 0.5) is 0 Å². The maximum atomic E-state index is 13.1. The van der Waals surface area contributed by atoms with Gasteiger partial charge < -0.3 is 0 Å². The van der Waals surface area contributed by atoms with E-state index in [2.05, 4.69) is 6.92 Å². The first kappa shape index (κ1) is 25.5. The Morgan fingerprint density at radius 2 is 1.54 bits per heavy atom. The van der Waals surface area contributed by atoms with Crippen molar-refractivity contribution in [3.05, 3.63) is 68.8 Å². The van der Waals surface area contributed by atoms with Crippen LogP contribution in [0.1, 0.15) is 69.0 Å². The van der Waals surface area contributed by atoms with Crippen LogP contribution in [0.3, 0.4) is 0 Å². The van der Waals surface area contributed by atoms with Gasteiger partial charge in [-0.05, 0) is 117 Å². The molecular weight excluding hydrogens is 523 g/mol. The zero-order valence-corrected chi connectivity index (χ0v) is 23.5. The van der Waals surface area contributed by atoms with Crippen LogP contribution in [-0.4, -0.2) is 15.6 Å². The molecule has 194 valence electrons. The molecule has 1 aromatic heterocycles. The Balaban J connectivity index is 1.20. The zero-order valence-electron chi connectivity index (χ0n) is 21.3. The van der Waals surface area contributed by atoms with E-state index in [-0.39, 0.29) is 0 Å². The van der Waals surface area contributed by atoms with Crippen molar-refractivity contribution < 1.29 is 4.79 Å². The second-order valence-corrected chi connectivity index (χ2v) is 13.2. The molecule has 37 heavy (non-hydrogen) atoms. The first-order valence-electron chi connectivity index (χ1n) is 13.6. The van der Waals surface area contributed by atoms with E-state index in [1.165, 1.54) is 38.5 Å². The summed E-state index contributed by atoms with van der Waals surface area (Å²) in [6.07, 6.45) is 11.4. The zero-order chi connectivity index (χ0) is 25.7. The second-order valence-electron chi connectivity index (χ2n) is 11.9. The maximum Gasteiger partial charge on any atom is 0.133 e. The fourth-order valence-corrected chi connectivity index (χ4v) is 8.55. The van der Waals surface area contributed by atoms with Gasteiger partial charge in [-0.3, -0.25) is 4.79 Å². The van der Waals surface area contributed by atoms with Crippen LogP contribution >= 0.6 is 34.8 Å². The van der Waals surface area contributed by atoms with Crippen molar-refractivity contribution in [2.75, 3.05) is 0 Å². The molecule has 0 N–H and O–H groups in total. The highest BCUT2D eigenvalue weighted by Crippen LogP contribution is 2.61. The van der Waals surface area contributed by atoms with Gasteiger partial charge in [-0.2, -0.15) is 5.10 Å². The van der Waals surface area contributed by atoms with E-state index in [4.69, 9.17) is 39.9 Å². The molecule has 4 aliphatic rings. The van der Waals surface area contributed by atoms with Gasteiger partial charge in [0.15, 0.2) is 0 Å². The summed E-state index contributed by atoms with van der Waals surface area (Å²) in [7, 11) is 0. The third-order valence-electron chi connectivity index (χ3n) is 9.22. The minimum Gasteiger partial charge on any atom is -0.300 e. The number of Topliss-reactive ketones (excluding diaryl/α,β-unsaturated/α-hetero) is 1. The molecule has 3 aromatic rings. The van der Waals surface area contributed by atoms with E-state index >= 15 is 0 Å². The Labute approximate surface area is 234 Å². The molecule has 4 saturated carbocycles. The quantitative estimate of drug-likeness (QED) is 0.277. The molecular formula is C31H33Cl3N2O. The van der Waals surface area contributed by atoms with Crippen LogP contribution in [0.25, 0.3) is 16.9 Å². The number of hydrogen-bond donors (Lipinski definition) is 0.